The second-order valence-corrected chi connectivity index (χ2v) is 10.4. The van der Waals surface area contributed by atoms with Gasteiger partial charge in [-0.25, -0.2) is 0 Å². The van der Waals surface area contributed by atoms with Gasteiger partial charge in [0.1, 0.15) is 5.03 Å². The van der Waals surface area contributed by atoms with Gasteiger partial charge in [0, 0.05) is 18.6 Å². The van der Waals surface area contributed by atoms with E-state index in [4.69, 9.17) is 14.2 Å². The molecule has 33 heavy (non-hydrogen) atoms. The fourth-order valence-electron chi connectivity index (χ4n) is 2.39. The van der Waals surface area contributed by atoms with Crippen LogP contribution in [-0.2, 0) is 23.7 Å². The highest BCUT2D eigenvalue weighted by Gasteiger charge is 2.23. The average molecular weight is 508 g/mol. The minimum absolute atomic E-state index is 0.244. The van der Waals surface area contributed by atoms with Gasteiger partial charge in [0.25, 0.3) is 0 Å². The van der Waals surface area contributed by atoms with Gasteiger partial charge in [-0.3, -0.25) is 9.79 Å². The Morgan fingerprint density at radius 1 is 0.939 bits per heavy atom. The zero-order valence-electron chi connectivity index (χ0n) is 22.5. The number of rotatable bonds is 16. The Kier molecular flexibility index (Phi) is 23.0. The van der Waals surface area contributed by atoms with E-state index in [-0.39, 0.29) is 23.6 Å². The van der Waals surface area contributed by atoms with Gasteiger partial charge in [-0.2, -0.15) is 0 Å². The van der Waals surface area contributed by atoms with Gasteiger partial charge in [-0.05, 0) is 64.2 Å². The monoisotopic (exact) mass is 507 g/mol. The number of aliphatic imine (C=N–C) groups is 1. The van der Waals surface area contributed by atoms with Gasteiger partial charge in [0.05, 0.1) is 44.6 Å². The molecule has 0 aromatic rings. The topological polar surface area (TPSA) is 66.4 Å². The van der Waals surface area contributed by atoms with Crippen LogP contribution in [0.25, 0.3) is 0 Å². The van der Waals surface area contributed by atoms with Crippen LogP contribution >= 0.6 is 21.6 Å². The maximum Gasteiger partial charge on any atom is 0.307 e. The van der Waals surface area contributed by atoms with Crippen molar-refractivity contribution in [3.8, 4) is 0 Å². The van der Waals surface area contributed by atoms with E-state index in [1.54, 1.807) is 21.6 Å². The lowest BCUT2D eigenvalue weighted by molar-refractivity contribution is -0.143. The Labute approximate surface area is 211 Å². The third kappa shape index (κ3) is 21.7. The molecule has 0 bridgehead atoms. The number of hydrogen-bond donors (Lipinski definition) is 0. The molecule has 1 aliphatic rings. The predicted octanol–water partition coefficient (Wildman–Crippen LogP) is 7.08. The number of hydrogen-bond acceptors (Lipinski definition) is 8. The SMILES string of the molecule is CC.CC.COC(=O)CCOC(C)(C)CCOC(C)(C)CCOCCSSC1=CCCC=N1. The fourth-order valence-corrected chi connectivity index (χ4v) is 4.23. The molecule has 0 aliphatic carbocycles. The summed E-state index contributed by atoms with van der Waals surface area (Å²) < 4.78 is 22.2. The van der Waals surface area contributed by atoms with E-state index in [0.717, 1.165) is 43.1 Å². The molecule has 0 aromatic heterocycles. The van der Waals surface area contributed by atoms with Crippen LogP contribution in [0.3, 0.4) is 0 Å². The molecule has 0 saturated carbocycles. The van der Waals surface area contributed by atoms with E-state index in [0.29, 0.717) is 19.8 Å². The zero-order valence-corrected chi connectivity index (χ0v) is 24.2. The van der Waals surface area contributed by atoms with E-state index >= 15 is 0 Å². The lowest BCUT2D eigenvalue weighted by atomic mass is 10.0. The quantitative estimate of drug-likeness (QED) is 0.126. The number of carbonyl (C=O) groups is 1. The predicted molar refractivity (Wildman–Crippen MR) is 145 cm³/mol. The third-order valence-corrected chi connectivity index (χ3v) is 6.62. The summed E-state index contributed by atoms with van der Waals surface area (Å²) in [6.45, 7) is 18.5. The highest BCUT2D eigenvalue weighted by atomic mass is 33.1. The summed E-state index contributed by atoms with van der Waals surface area (Å²) in [5.41, 5.74) is -0.584. The van der Waals surface area contributed by atoms with Crippen LogP contribution in [0.1, 0.15) is 87.5 Å². The Morgan fingerprint density at radius 3 is 2.12 bits per heavy atom. The molecular formula is C25H49NO5S2. The lowest BCUT2D eigenvalue weighted by Gasteiger charge is -2.29. The highest BCUT2D eigenvalue weighted by Crippen LogP contribution is 2.32. The molecule has 1 heterocycles. The summed E-state index contributed by atoms with van der Waals surface area (Å²) in [7, 11) is 4.88. The molecule has 0 atom stereocenters. The summed E-state index contributed by atoms with van der Waals surface area (Å²) in [4.78, 5) is 15.5. The van der Waals surface area contributed by atoms with Crippen LogP contribution in [0.5, 0.6) is 0 Å². The first-order valence-corrected chi connectivity index (χ1v) is 14.5. The molecule has 196 valence electrons. The maximum absolute atomic E-state index is 11.1. The second-order valence-electron chi connectivity index (χ2n) is 7.99. The first kappa shape index (κ1) is 34.6. The average Bonchev–Trinajstić information content (AvgIpc) is 2.81. The van der Waals surface area contributed by atoms with Crippen molar-refractivity contribution < 1.29 is 23.7 Å². The van der Waals surface area contributed by atoms with E-state index in [9.17, 15) is 4.79 Å². The Morgan fingerprint density at radius 2 is 1.55 bits per heavy atom. The number of nitrogens with zero attached hydrogens (tertiary/aromatic N) is 1. The first-order chi connectivity index (χ1) is 15.7. The number of allylic oxidation sites excluding steroid dienone is 1. The molecule has 1 aliphatic heterocycles. The van der Waals surface area contributed by atoms with Crippen LogP contribution < -0.4 is 0 Å². The van der Waals surface area contributed by atoms with Crippen LogP contribution in [0.2, 0.25) is 0 Å². The van der Waals surface area contributed by atoms with Gasteiger partial charge in [0.15, 0.2) is 0 Å². The van der Waals surface area contributed by atoms with Crippen molar-refractivity contribution in [3.05, 3.63) is 11.1 Å². The Balaban J connectivity index is 0. The summed E-state index contributed by atoms with van der Waals surface area (Å²) in [5, 5.41) is 1.10. The minimum Gasteiger partial charge on any atom is -0.469 e. The van der Waals surface area contributed by atoms with Crippen molar-refractivity contribution in [3.63, 3.8) is 0 Å². The van der Waals surface area contributed by atoms with Crippen molar-refractivity contribution in [2.24, 2.45) is 4.99 Å². The number of ether oxygens (including phenoxy) is 4. The molecule has 0 N–H and O–H groups in total. The van der Waals surface area contributed by atoms with E-state index in [1.807, 2.05) is 47.8 Å². The largest absolute Gasteiger partial charge is 0.469 e. The summed E-state index contributed by atoms with van der Waals surface area (Å²) in [6, 6.07) is 0. The van der Waals surface area contributed by atoms with Gasteiger partial charge in [-0.1, -0.05) is 44.6 Å². The normalized spacial score (nSPS) is 13.3. The van der Waals surface area contributed by atoms with E-state index in [2.05, 4.69) is 29.7 Å². The van der Waals surface area contributed by atoms with Gasteiger partial charge >= 0.3 is 5.97 Å². The minimum atomic E-state index is -0.340. The molecule has 1 rings (SSSR count). The molecule has 0 amide bonds. The molecular weight excluding hydrogens is 458 g/mol. The summed E-state index contributed by atoms with van der Waals surface area (Å²) in [5.74, 6) is 0.686. The molecule has 0 unspecified atom stereocenters. The van der Waals surface area contributed by atoms with Gasteiger partial charge in [-0.15, -0.1) is 0 Å². The molecule has 0 aromatic carbocycles. The number of methoxy groups -OCH3 is 1. The van der Waals surface area contributed by atoms with E-state index < -0.39 is 0 Å². The lowest BCUT2D eigenvalue weighted by Crippen LogP contribution is -2.32. The smallest absolute Gasteiger partial charge is 0.307 e. The van der Waals surface area contributed by atoms with Crippen molar-refractivity contribution in [2.75, 3.05) is 39.3 Å². The summed E-state index contributed by atoms with van der Waals surface area (Å²) in [6.07, 6.45) is 8.17. The number of carbonyl (C=O) groups excluding carboxylic acids is 1. The standard InChI is InChI=1S/C21H37NO5S2.2C2H6/c1-20(2,27-15-11-21(3,4)26-13-9-19(23)24-5)10-14-25-16-17-28-29-18-8-6-7-12-22-18;2*1-2/h8,12H,6-7,9-11,13-17H2,1-5H3;2*1-2H3. The van der Waals surface area contributed by atoms with Gasteiger partial charge < -0.3 is 18.9 Å². The van der Waals surface area contributed by atoms with Crippen molar-refractivity contribution in [1.82, 2.24) is 0 Å². The Hall–Kier alpha value is -0.540. The molecule has 0 saturated heterocycles. The molecule has 6 nitrogen and oxygen atoms in total. The van der Waals surface area contributed by atoms with Crippen molar-refractivity contribution >= 4 is 33.8 Å². The van der Waals surface area contributed by atoms with Crippen molar-refractivity contribution in [1.29, 1.82) is 0 Å². The molecule has 0 spiro atoms. The Bertz CT molecular complexity index is 537. The van der Waals surface area contributed by atoms with Crippen LogP contribution in [0.15, 0.2) is 16.1 Å². The highest BCUT2D eigenvalue weighted by molar-refractivity contribution is 8.78. The fraction of sp³-hybridized carbons (Fsp3) is 0.840. The molecule has 0 fully saturated rings. The zero-order chi connectivity index (χ0) is 25.6. The van der Waals surface area contributed by atoms with Gasteiger partial charge in [0.2, 0.25) is 0 Å². The maximum atomic E-state index is 11.1. The second kappa shape index (κ2) is 22.0. The molecule has 8 heteroatoms. The first-order valence-electron chi connectivity index (χ1n) is 12.2. The van der Waals surface area contributed by atoms with Crippen molar-refractivity contribution in [2.45, 2.75) is 98.7 Å². The third-order valence-electron chi connectivity index (χ3n) is 4.36. The summed E-state index contributed by atoms with van der Waals surface area (Å²) >= 11 is 0. The van der Waals surface area contributed by atoms with E-state index in [1.165, 1.54) is 7.11 Å². The number of esters is 1. The van der Waals surface area contributed by atoms with Crippen LogP contribution in [-0.4, -0.2) is 62.7 Å². The van der Waals surface area contributed by atoms with Crippen LogP contribution in [0.4, 0.5) is 0 Å². The van der Waals surface area contributed by atoms with Crippen LogP contribution in [0, 0.1) is 0 Å². The molecule has 0 radical (unpaired) electrons.